The molecular weight excluding hydrogens is 298 g/mol. The average molecular weight is 325 g/mol. The molecule has 2 aliphatic rings. The van der Waals surface area contributed by atoms with E-state index in [0.29, 0.717) is 26.2 Å². The standard InChI is InChI=1S/C16H27N3O4/c1-2-3-9-23-14(20)10-13-15(21)18-7-8-19(13)16(22)12-5-4-6-17-11-12/h12-13,17H,2-11H2,1H3,(H,18,21). The van der Waals surface area contributed by atoms with Gasteiger partial charge in [-0.25, -0.2) is 0 Å². The molecule has 0 aromatic heterocycles. The lowest BCUT2D eigenvalue weighted by molar-refractivity contribution is -0.153. The van der Waals surface area contributed by atoms with Gasteiger partial charge in [0, 0.05) is 19.6 Å². The Balaban J connectivity index is 1.96. The van der Waals surface area contributed by atoms with E-state index >= 15 is 0 Å². The Kier molecular flexibility index (Phi) is 6.83. The van der Waals surface area contributed by atoms with Crippen LogP contribution in [0.2, 0.25) is 0 Å². The fourth-order valence-corrected chi connectivity index (χ4v) is 3.03. The molecular formula is C16H27N3O4. The van der Waals surface area contributed by atoms with Crippen molar-refractivity contribution in [2.75, 3.05) is 32.8 Å². The minimum absolute atomic E-state index is 0.0293. The molecule has 2 amide bonds. The first-order chi connectivity index (χ1) is 11.1. The highest BCUT2D eigenvalue weighted by molar-refractivity contribution is 5.92. The van der Waals surface area contributed by atoms with Crippen molar-refractivity contribution in [3.8, 4) is 0 Å². The van der Waals surface area contributed by atoms with E-state index < -0.39 is 12.0 Å². The lowest BCUT2D eigenvalue weighted by Crippen LogP contribution is -2.59. The minimum Gasteiger partial charge on any atom is -0.466 e. The number of hydrogen-bond acceptors (Lipinski definition) is 5. The number of nitrogens with zero attached hydrogens (tertiary/aromatic N) is 1. The number of rotatable bonds is 6. The zero-order valence-electron chi connectivity index (χ0n) is 13.8. The zero-order chi connectivity index (χ0) is 16.7. The first-order valence-corrected chi connectivity index (χ1v) is 8.58. The van der Waals surface area contributed by atoms with Crippen molar-refractivity contribution in [1.82, 2.24) is 15.5 Å². The van der Waals surface area contributed by atoms with Crippen LogP contribution in [-0.2, 0) is 19.1 Å². The maximum absolute atomic E-state index is 12.7. The maximum Gasteiger partial charge on any atom is 0.308 e. The summed E-state index contributed by atoms with van der Waals surface area (Å²) in [6, 6.07) is -0.743. The van der Waals surface area contributed by atoms with E-state index in [0.717, 1.165) is 32.2 Å². The van der Waals surface area contributed by atoms with Crippen molar-refractivity contribution >= 4 is 17.8 Å². The van der Waals surface area contributed by atoms with Gasteiger partial charge in [-0.05, 0) is 25.8 Å². The molecule has 0 bridgehead atoms. The predicted octanol–water partition coefficient (Wildman–Crippen LogP) is 0.0464. The summed E-state index contributed by atoms with van der Waals surface area (Å²) in [7, 11) is 0. The molecule has 7 nitrogen and oxygen atoms in total. The molecule has 2 saturated heterocycles. The van der Waals surface area contributed by atoms with Crippen molar-refractivity contribution in [2.24, 2.45) is 5.92 Å². The normalized spacial score (nSPS) is 24.9. The molecule has 2 fully saturated rings. The highest BCUT2D eigenvalue weighted by Crippen LogP contribution is 2.18. The Bertz CT molecular complexity index is 435. The largest absolute Gasteiger partial charge is 0.466 e. The first-order valence-electron chi connectivity index (χ1n) is 8.58. The number of carbonyl (C=O) groups excluding carboxylic acids is 3. The second-order valence-electron chi connectivity index (χ2n) is 6.16. The van der Waals surface area contributed by atoms with Crippen molar-refractivity contribution in [1.29, 1.82) is 0 Å². The Morgan fingerprint density at radius 1 is 1.35 bits per heavy atom. The molecule has 2 unspecified atom stereocenters. The summed E-state index contributed by atoms with van der Waals surface area (Å²) < 4.78 is 5.14. The number of piperazine rings is 1. The van der Waals surface area contributed by atoms with Crippen molar-refractivity contribution < 1.29 is 19.1 Å². The van der Waals surface area contributed by atoms with E-state index in [4.69, 9.17) is 4.74 Å². The van der Waals surface area contributed by atoms with Crippen LogP contribution in [0.5, 0.6) is 0 Å². The van der Waals surface area contributed by atoms with Gasteiger partial charge in [-0.2, -0.15) is 0 Å². The quantitative estimate of drug-likeness (QED) is 0.532. The molecule has 130 valence electrons. The second-order valence-corrected chi connectivity index (χ2v) is 6.16. The van der Waals surface area contributed by atoms with Crippen LogP contribution in [0.15, 0.2) is 0 Å². The lowest BCUT2D eigenvalue weighted by atomic mass is 9.96. The Hall–Kier alpha value is -1.63. The van der Waals surface area contributed by atoms with Gasteiger partial charge in [0.2, 0.25) is 11.8 Å². The Labute approximate surface area is 137 Å². The molecule has 0 aliphatic carbocycles. The van der Waals surface area contributed by atoms with E-state index in [2.05, 4.69) is 10.6 Å². The van der Waals surface area contributed by atoms with Gasteiger partial charge in [0.15, 0.2) is 0 Å². The molecule has 23 heavy (non-hydrogen) atoms. The third-order valence-corrected chi connectivity index (χ3v) is 4.38. The van der Waals surface area contributed by atoms with Gasteiger partial charge in [-0.15, -0.1) is 0 Å². The molecule has 7 heteroatoms. The molecule has 0 radical (unpaired) electrons. The van der Waals surface area contributed by atoms with Gasteiger partial charge in [-0.3, -0.25) is 14.4 Å². The van der Waals surface area contributed by atoms with Crippen molar-refractivity contribution in [3.05, 3.63) is 0 Å². The van der Waals surface area contributed by atoms with Crippen LogP contribution in [0.25, 0.3) is 0 Å². The smallest absolute Gasteiger partial charge is 0.308 e. The van der Waals surface area contributed by atoms with Crippen LogP contribution in [-0.4, -0.2) is 61.5 Å². The van der Waals surface area contributed by atoms with E-state index in [1.165, 1.54) is 0 Å². The average Bonchev–Trinajstić information content (AvgIpc) is 2.57. The number of hydrogen-bond donors (Lipinski definition) is 2. The molecule has 0 aromatic carbocycles. The number of esters is 1. The van der Waals surface area contributed by atoms with Crippen molar-refractivity contribution in [3.63, 3.8) is 0 Å². The summed E-state index contributed by atoms with van der Waals surface area (Å²) in [6.07, 6.45) is 3.47. The number of ether oxygens (including phenoxy) is 1. The SMILES string of the molecule is CCCCOC(=O)CC1C(=O)NCCN1C(=O)C1CCCNC1. The fraction of sp³-hybridized carbons (Fsp3) is 0.812. The second kappa shape index (κ2) is 8.86. The molecule has 0 spiro atoms. The van der Waals surface area contributed by atoms with Gasteiger partial charge in [0.1, 0.15) is 6.04 Å². The van der Waals surface area contributed by atoms with Crippen LogP contribution >= 0.6 is 0 Å². The molecule has 2 atom stereocenters. The minimum atomic E-state index is -0.743. The Morgan fingerprint density at radius 2 is 2.17 bits per heavy atom. The zero-order valence-corrected chi connectivity index (χ0v) is 13.8. The van der Waals surface area contributed by atoms with Gasteiger partial charge in [-0.1, -0.05) is 13.3 Å². The van der Waals surface area contributed by atoms with Crippen LogP contribution in [0.3, 0.4) is 0 Å². The molecule has 0 aromatic rings. The van der Waals surface area contributed by atoms with Crippen LogP contribution in [0, 0.1) is 5.92 Å². The topological polar surface area (TPSA) is 87.7 Å². The van der Waals surface area contributed by atoms with Crippen molar-refractivity contribution in [2.45, 2.75) is 45.1 Å². The number of carbonyl (C=O) groups is 3. The van der Waals surface area contributed by atoms with E-state index in [1.807, 2.05) is 6.92 Å². The highest BCUT2D eigenvalue weighted by atomic mass is 16.5. The van der Waals surface area contributed by atoms with Gasteiger partial charge >= 0.3 is 5.97 Å². The number of unbranched alkanes of at least 4 members (excludes halogenated alkanes) is 1. The molecule has 2 heterocycles. The fourth-order valence-electron chi connectivity index (χ4n) is 3.03. The summed E-state index contributed by atoms with van der Waals surface area (Å²) in [6.45, 7) is 4.84. The summed E-state index contributed by atoms with van der Waals surface area (Å²) in [5, 5.41) is 5.95. The van der Waals surface area contributed by atoms with Gasteiger partial charge < -0.3 is 20.3 Å². The summed E-state index contributed by atoms with van der Waals surface area (Å²) in [5.41, 5.74) is 0. The van der Waals surface area contributed by atoms with E-state index in [-0.39, 0.29) is 24.2 Å². The molecule has 0 saturated carbocycles. The molecule has 2 rings (SSSR count). The maximum atomic E-state index is 12.7. The number of nitrogens with one attached hydrogen (secondary N) is 2. The summed E-state index contributed by atoms with van der Waals surface area (Å²) >= 11 is 0. The highest BCUT2D eigenvalue weighted by Gasteiger charge is 2.37. The first kappa shape index (κ1) is 17.7. The summed E-state index contributed by atoms with van der Waals surface area (Å²) in [4.78, 5) is 38.3. The van der Waals surface area contributed by atoms with Crippen LogP contribution in [0.1, 0.15) is 39.0 Å². The predicted molar refractivity (Wildman–Crippen MR) is 84.6 cm³/mol. The van der Waals surface area contributed by atoms with Gasteiger partial charge in [0.25, 0.3) is 0 Å². The number of piperidine rings is 1. The van der Waals surface area contributed by atoms with E-state index in [9.17, 15) is 14.4 Å². The third kappa shape index (κ3) is 4.92. The van der Waals surface area contributed by atoms with Gasteiger partial charge in [0.05, 0.1) is 18.9 Å². The Morgan fingerprint density at radius 3 is 2.87 bits per heavy atom. The molecule has 2 aliphatic heterocycles. The van der Waals surface area contributed by atoms with Crippen LogP contribution < -0.4 is 10.6 Å². The lowest BCUT2D eigenvalue weighted by Gasteiger charge is -2.37. The monoisotopic (exact) mass is 325 g/mol. The summed E-state index contributed by atoms with van der Waals surface area (Å²) in [5.74, 6) is -0.812. The van der Waals surface area contributed by atoms with Crippen LogP contribution in [0.4, 0.5) is 0 Å². The van der Waals surface area contributed by atoms with E-state index in [1.54, 1.807) is 4.90 Å². The molecule has 2 N–H and O–H groups in total. The number of amides is 2. The third-order valence-electron chi connectivity index (χ3n) is 4.38.